The molecule has 2 aromatic heterocycles. The minimum absolute atomic E-state index is 0.327. The SMILES string of the molecule is Cc1nc(C)n(-c2nc(NN)nc(N3CCCCC3)n2)n1. The van der Waals surface area contributed by atoms with E-state index in [2.05, 4.69) is 35.4 Å². The first-order valence-corrected chi connectivity index (χ1v) is 7.05. The summed E-state index contributed by atoms with van der Waals surface area (Å²) < 4.78 is 1.60. The fourth-order valence-electron chi connectivity index (χ4n) is 2.46. The zero-order valence-corrected chi connectivity index (χ0v) is 12.2. The summed E-state index contributed by atoms with van der Waals surface area (Å²) in [4.78, 5) is 19.5. The standard InChI is InChI=1S/C12H19N9/c1-8-14-9(2)21(19-8)12-16-10(18-13)15-11(17-12)20-6-4-3-5-7-20/h3-7,13H2,1-2H3,(H,15,16,17,18). The van der Waals surface area contributed by atoms with Crippen LogP contribution in [0.15, 0.2) is 0 Å². The minimum atomic E-state index is 0.327. The lowest BCUT2D eigenvalue weighted by molar-refractivity contribution is 0.566. The van der Waals surface area contributed by atoms with Gasteiger partial charge in [-0.2, -0.15) is 19.6 Å². The Morgan fingerprint density at radius 1 is 0.952 bits per heavy atom. The molecule has 1 saturated heterocycles. The Bertz CT molecular complexity index is 630. The maximum absolute atomic E-state index is 5.47. The maximum Gasteiger partial charge on any atom is 0.258 e. The molecule has 0 spiro atoms. The fraction of sp³-hybridized carbons (Fsp3) is 0.583. The molecule has 3 N–H and O–H groups in total. The Balaban J connectivity index is 2.02. The Kier molecular flexibility index (Phi) is 3.65. The smallest absolute Gasteiger partial charge is 0.258 e. The highest BCUT2D eigenvalue weighted by Crippen LogP contribution is 2.18. The lowest BCUT2D eigenvalue weighted by atomic mass is 10.1. The normalized spacial score (nSPS) is 15.3. The molecule has 1 aliphatic heterocycles. The van der Waals surface area contributed by atoms with E-state index < -0.39 is 0 Å². The molecule has 0 unspecified atom stereocenters. The molecule has 0 radical (unpaired) electrons. The van der Waals surface area contributed by atoms with Crippen LogP contribution in [0.25, 0.3) is 5.95 Å². The van der Waals surface area contributed by atoms with Gasteiger partial charge in [0.2, 0.25) is 11.9 Å². The second-order valence-corrected chi connectivity index (χ2v) is 5.07. The van der Waals surface area contributed by atoms with Crippen LogP contribution in [-0.2, 0) is 0 Å². The quantitative estimate of drug-likeness (QED) is 0.615. The molecular formula is C12H19N9. The van der Waals surface area contributed by atoms with E-state index in [1.54, 1.807) is 4.68 Å². The third-order valence-corrected chi connectivity index (χ3v) is 3.44. The zero-order valence-electron chi connectivity index (χ0n) is 12.2. The zero-order chi connectivity index (χ0) is 14.8. The highest BCUT2D eigenvalue weighted by molar-refractivity contribution is 5.39. The molecule has 21 heavy (non-hydrogen) atoms. The number of nitrogens with two attached hydrogens (primary N) is 1. The highest BCUT2D eigenvalue weighted by atomic mass is 15.4. The van der Waals surface area contributed by atoms with Gasteiger partial charge in [0, 0.05) is 13.1 Å². The first-order valence-electron chi connectivity index (χ1n) is 7.05. The Morgan fingerprint density at radius 3 is 2.29 bits per heavy atom. The van der Waals surface area contributed by atoms with Gasteiger partial charge in [-0.25, -0.2) is 10.8 Å². The molecule has 0 atom stereocenters. The number of aromatic nitrogens is 6. The molecule has 9 nitrogen and oxygen atoms in total. The van der Waals surface area contributed by atoms with E-state index in [-0.39, 0.29) is 0 Å². The number of nitrogens with zero attached hydrogens (tertiary/aromatic N) is 7. The van der Waals surface area contributed by atoms with Gasteiger partial charge in [-0.15, -0.1) is 5.10 Å². The maximum atomic E-state index is 5.47. The second-order valence-electron chi connectivity index (χ2n) is 5.07. The van der Waals surface area contributed by atoms with E-state index in [0.29, 0.717) is 23.7 Å². The third kappa shape index (κ3) is 2.77. The van der Waals surface area contributed by atoms with Crippen LogP contribution in [0.5, 0.6) is 0 Å². The minimum Gasteiger partial charge on any atom is -0.341 e. The molecule has 0 aromatic carbocycles. The predicted molar refractivity (Wildman–Crippen MR) is 78.1 cm³/mol. The van der Waals surface area contributed by atoms with Crippen LogP contribution < -0.4 is 16.2 Å². The number of hydrogen-bond donors (Lipinski definition) is 2. The molecule has 1 aliphatic rings. The van der Waals surface area contributed by atoms with Crippen molar-refractivity contribution in [3.8, 4) is 5.95 Å². The van der Waals surface area contributed by atoms with Crippen LogP contribution in [0.2, 0.25) is 0 Å². The molecule has 9 heteroatoms. The van der Waals surface area contributed by atoms with Crippen LogP contribution in [0.3, 0.4) is 0 Å². The van der Waals surface area contributed by atoms with Crippen molar-refractivity contribution in [3.63, 3.8) is 0 Å². The summed E-state index contributed by atoms with van der Waals surface area (Å²) in [6, 6.07) is 0. The number of piperidine rings is 1. The van der Waals surface area contributed by atoms with Crippen molar-refractivity contribution >= 4 is 11.9 Å². The number of hydrazine groups is 1. The third-order valence-electron chi connectivity index (χ3n) is 3.44. The number of aryl methyl sites for hydroxylation is 2. The predicted octanol–water partition coefficient (Wildman–Crippen LogP) is 0.345. The number of nitrogens with one attached hydrogen (secondary N) is 1. The van der Waals surface area contributed by atoms with Crippen LogP contribution in [0.4, 0.5) is 11.9 Å². The molecule has 3 rings (SSSR count). The highest BCUT2D eigenvalue weighted by Gasteiger charge is 2.18. The summed E-state index contributed by atoms with van der Waals surface area (Å²) in [5, 5.41) is 4.31. The van der Waals surface area contributed by atoms with Gasteiger partial charge in [0.1, 0.15) is 11.6 Å². The van der Waals surface area contributed by atoms with Crippen molar-refractivity contribution in [2.45, 2.75) is 33.1 Å². The summed E-state index contributed by atoms with van der Waals surface area (Å²) in [5.74, 6) is 8.26. The van der Waals surface area contributed by atoms with Gasteiger partial charge in [0.15, 0.2) is 0 Å². The number of rotatable bonds is 3. The molecule has 0 saturated carbocycles. The largest absolute Gasteiger partial charge is 0.341 e. The summed E-state index contributed by atoms with van der Waals surface area (Å²) in [5.41, 5.74) is 2.49. The van der Waals surface area contributed by atoms with E-state index >= 15 is 0 Å². The van der Waals surface area contributed by atoms with Crippen molar-refractivity contribution < 1.29 is 0 Å². The molecule has 112 valence electrons. The number of anilines is 2. The summed E-state index contributed by atoms with van der Waals surface area (Å²) >= 11 is 0. The average molecular weight is 289 g/mol. The van der Waals surface area contributed by atoms with Crippen molar-refractivity contribution in [3.05, 3.63) is 11.6 Å². The topological polar surface area (TPSA) is 111 Å². The summed E-state index contributed by atoms with van der Waals surface area (Å²) in [7, 11) is 0. The monoisotopic (exact) mass is 289 g/mol. The molecule has 3 heterocycles. The van der Waals surface area contributed by atoms with E-state index in [4.69, 9.17) is 5.84 Å². The van der Waals surface area contributed by atoms with Crippen LogP contribution in [-0.4, -0.2) is 42.8 Å². The van der Waals surface area contributed by atoms with Gasteiger partial charge in [0.05, 0.1) is 0 Å². The van der Waals surface area contributed by atoms with E-state index in [1.165, 1.54) is 6.42 Å². The van der Waals surface area contributed by atoms with Crippen LogP contribution >= 0.6 is 0 Å². The van der Waals surface area contributed by atoms with E-state index in [1.807, 2.05) is 13.8 Å². The summed E-state index contributed by atoms with van der Waals surface area (Å²) in [6.45, 7) is 5.59. The molecule has 0 amide bonds. The Hall–Kier alpha value is -2.29. The van der Waals surface area contributed by atoms with E-state index in [9.17, 15) is 0 Å². The first kappa shape index (κ1) is 13.7. The van der Waals surface area contributed by atoms with Crippen molar-refractivity contribution in [1.29, 1.82) is 0 Å². The lowest BCUT2D eigenvalue weighted by Gasteiger charge is -2.26. The number of hydrogen-bond acceptors (Lipinski definition) is 8. The van der Waals surface area contributed by atoms with Gasteiger partial charge in [-0.1, -0.05) is 0 Å². The number of nitrogen functional groups attached to an aromatic ring is 1. The molecule has 1 fully saturated rings. The van der Waals surface area contributed by atoms with Gasteiger partial charge in [0.25, 0.3) is 5.95 Å². The van der Waals surface area contributed by atoms with E-state index in [0.717, 1.165) is 31.8 Å². The average Bonchev–Trinajstić information content (AvgIpc) is 2.86. The van der Waals surface area contributed by atoms with Crippen LogP contribution in [0.1, 0.15) is 30.9 Å². The van der Waals surface area contributed by atoms with Crippen molar-refractivity contribution in [2.24, 2.45) is 5.84 Å². The molecule has 2 aromatic rings. The van der Waals surface area contributed by atoms with Crippen LogP contribution in [0, 0.1) is 13.8 Å². The molecule has 0 aliphatic carbocycles. The first-order chi connectivity index (χ1) is 10.2. The van der Waals surface area contributed by atoms with Crippen molar-refractivity contribution in [2.75, 3.05) is 23.4 Å². The fourth-order valence-corrected chi connectivity index (χ4v) is 2.46. The molecule has 0 bridgehead atoms. The van der Waals surface area contributed by atoms with Gasteiger partial charge in [-0.05, 0) is 33.1 Å². The van der Waals surface area contributed by atoms with Gasteiger partial charge < -0.3 is 4.90 Å². The second kappa shape index (κ2) is 5.60. The lowest BCUT2D eigenvalue weighted by Crippen LogP contribution is -2.32. The van der Waals surface area contributed by atoms with Crippen molar-refractivity contribution in [1.82, 2.24) is 29.7 Å². The van der Waals surface area contributed by atoms with Gasteiger partial charge in [-0.3, -0.25) is 5.43 Å². The summed E-state index contributed by atoms with van der Waals surface area (Å²) in [6.07, 6.45) is 3.54. The Labute approximate surface area is 122 Å². The van der Waals surface area contributed by atoms with Gasteiger partial charge >= 0.3 is 0 Å². The molecular weight excluding hydrogens is 270 g/mol. The Morgan fingerprint density at radius 2 is 1.67 bits per heavy atom.